The molecule has 0 aliphatic carbocycles. The van der Waals surface area contributed by atoms with Crippen LogP contribution in [0.25, 0.3) is 0 Å². The third kappa shape index (κ3) is 3.72. The Kier molecular flexibility index (Phi) is 5.87. The van der Waals surface area contributed by atoms with E-state index in [0.29, 0.717) is 16.8 Å². The number of nitrogens with zero attached hydrogens (tertiary/aromatic N) is 1. The van der Waals surface area contributed by atoms with Gasteiger partial charge in [0.15, 0.2) is 5.85 Å². The molecule has 2 rings (SSSR count). The molecule has 0 fully saturated rings. The number of aliphatic hydroxyl groups excluding tert-OH is 1. The third-order valence-electron chi connectivity index (χ3n) is 4.22. The van der Waals surface area contributed by atoms with Gasteiger partial charge in [-0.05, 0) is 41.3 Å². The summed E-state index contributed by atoms with van der Waals surface area (Å²) in [4.78, 5) is 1.96. The highest BCUT2D eigenvalue weighted by Crippen LogP contribution is 2.57. The lowest BCUT2D eigenvalue weighted by Crippen LogP contribution is -2.15. The van der Waals surface area contributed by atoms with Crippen LogP contribution in [-0.4, -0.2) is 26.3 Å². The molecule has 4 nitrogen and oxygen atoms in total. The van der Waals surface area contributed by atoms with Gasteiger partial charge in [0.2, 0.25) is 0 Å². The van der Waals surface area contributed by atoms with Gasteiger partial charge in [-0.15, -0.1) is 0 Å². The van der Waals surface area contributed by atoms with E-state index in [0.717, 1.165) is 5.69 Å². The SMILES string of the molecule is CO[P@@](=O)(c1ccc(N(C)C)cc1)[C@H](O)c1ccc(C(C)C)cc1. The summed E-state index contributed by atoms with van der Waals surface area (Å²) in [5.74, 6) is -0.780. The van der Waals surface area contributed by atoms with Crippen LogP contribution in [0.4, 0.5) is 5.69 Å². The second-order valence-electron chi connectivity index (χ2n) is 6.39. The van der Waals surface area contributed by atoms with Gasteiger partial charge in [0.05, 0.1) is 0 Å². The first-order valence-electron chi connectivity index (χ1n) is 8.01. The molecule has 0 saturated carbocycles. The van der Waals surface area contributed by atoms with Crippen LogP contribution in [0.3, 0.4) is 0 Å². The maximum absolute atomic E-state index is 13.3. The van der Waals surface area contributed by atoms with Crippen molar-refractivity contribution in [3.05, 3.63) is 59.7 Å². The van der Waals surface area contributed by atoms with E-state index in [4.69, 9.17) is 4.52 Å². The molecule has 1 N–H and O–H groups in total. The van der Waals surface area contributed by atoms with E-state index in [1.165, 1.54) is 12.7 Å². The fourth-order valence-electron chi connectivity index (χ4n) is 2.55. The minimum absolute atomic E-state index is 0.406. The first-order valence-corrected chi connectivity index (χ1v) is 9.70. The lowest BCUT2D eigenvalue weighted by molar-refractivity contribution is 0.229. The number of aliphatic hydroxyl groups is 1. The number of benzene rings is 2. The number of anilines is 1. The molecule has 0 aromatic heterocycles. The number of rotatable bonds is 6. The van der Waals surface area contributed by atoms with E-state index in [-0.39, 0.29) is 0 Å². The minimum atomic E-state index is -3.42. The summed E-state index contributed by atoms with van der Waals surface area (Å²) < 4.78 is 18.6. The zero-order valence-electron chi connectivity index (χ0n) is 14.9. The van der Waals surface area contributed by atoms with Gasteiger partial charge < -0.3 is 14.5 Å². The fraction of sp³-hybridized carbons (Fsp3) is 0.368. The Hall–Kier alpha value is -1.61. The van der Waals surface area contributed by atoms with Crippen molar-refractivity contribution in [3.8, 4) is 0 Å². The van der Waals surface area contributed by atoms with Crippen molar-refractivity contribution in [2.45, 2.75) is 25.6 Å². The molecular formula is C19H26NO3P. The highest BCUT2D eigenvalue weighted by Gasteiger charge is 2.35. The van der Waals surface area contributed by atoms with Crippen molar-refractivity contribution in [3.63, 3.8) is 0 Å². The maximum Gasteiger partial charge on any atom is 0.263 e. The highest BCUT2D eigenvalue weighted by molar-refractivity contribution is 7.67. The van der Waals surface area contributed by atoms with Gasteiger partial charge in [-0.25, -0.2) is 0 Å². The predicted molar refractivity (Wildman–Crippen MR) is 101 cm³/mol. The van der Waals surface area contributed by atoms with Crippen LogP contribution in [0.1, 0.15) is 36.7 Å². The summed E-state index contributed by atoms with van der Waals surface area (Å²) >= 11 is 0. The number of hydrogen-bond donors (Lipinski definition) is 1. The Morgan fingerprint density at radius 3 is 1.88 bits per heavy atom. The summed E-state index contributed by atoms with van der Waals surface area (Å²) in [6.07, 6.45) is 0. The van der Waals surface area contributed by atoms with Crippen molar-refractivity contribution in [2.75, 3.05) is 26.1 Å². The monoisotopic (exact) mass is 347 g/mol. The van der Waals surface area contributed by atoms with Gasteiger partial charge in [-0.2, -0.15) is 0 Å². The van der Waals surface area contributed by atoms with Crippen LogP contribution in [0.2, 0.25) is 0 Å². The van der Waals surface area contributed by atoms with E-state index >= 15 is 0 Å². The molecule has 0 amide bonds. The van der Waals surface area contributed by atoms with Gasteiger partial charge in [0.25, 0.3) is 7.37 Å². The molecule has 130 valence electrons. The van der Waals surface area contributed by atoms with Gasteiger partial charge in [-0.1, -0.05) is 38.1 Å². The Balaban J connectivity index is 2.35. The van der Waals surface area contributed by atoms with Crippen molar-refractivity contribution in [2.24, 2.45) is 0 Å². The molecule has 2 aromatic carbocycles. The molecule has 0 heterocycles. The van der Waals surface area contributed by atoms with E-state index in [1.807, 2.05) is 55.4 Å². The molecule has 2 atom stereocenters. The molecule has 0 saturated heterocycles. The molecule has 24 heavy (non-hydrogen) atoms. The molecule has 2 aromatic rings. The Labute approximate surface area is 144 Å². The molecule has 0 unspecified atom stereocenters. The molecule has 0 aliphatic heterocycles. The van der Waals surface area contributed by atoms with Gasteiger partial charge >= 0.3 is 0 Å². The van der Waals surface area contributed by atoms with Crippen molar-refractivity contribution < 1.29 is 14.2 Å². The van der Waals surface area contributed by atoms with Crippen LogP contribution < -0.4 is 10.2 Å². The van der Waals surface area contributed by atoms with Crippen LogP contribution in [-0.2, 0) is 9.09 Å². The van der Waals surface area contributed by atoms with Crippen LogP contribution >= 0.6 is 7.37 Å². The van der Waals surface area contributed by atoms with Crippen molar-refractivity contribution >= 4 is 18.4 Å². The minimum Gasteiger partial charge on any atom is -0.378 e. The van der Waals surface area contributed by atoms with Gasteiger partial charge in [-0.3, -0.25) is 4.57 Å². The van der Waals surface area contributed by atoms with Crippen molar-refractivity contribution in [1.29, 1.82) is 0 Å². The standard InChI is InChI=1S/C19H26NO3P/c1-14(2)15-6-8-16(9-7-15)19(21)24(22,23-5)18-12-10-17(11-13-18)20(3)4/h6-14,19,21H,1-5H3/t19-,24-/m0/s1. The van der Waals surface area contributed by atoms with Crippen LogP contribution in [0.5, 0.6) is 0 Å². The van der Waals surface area contributed by atoms with Gasteiger partial charge in [0, 0.05) is 32.2 Å². The molecule has 0 spiro atoms. The zero-order valence-corrected chi connectivity index (χ0v) is 15.8. The first kappa shape index (κ1) is 18.7. The topological polar surface area (TPSA) is 49.8 Å². The lowest BCUT2D eigenvalue weighted by atomic mass is 10.0. The Morgan fingerprint density at radius 1 is 0.958 bits per heavy atom. The molecule has 0 radical (unpaired) electrons. The summed E-state index contributed by atoms with van der Waals surface area (Å²) in [6.45, 7) is 4.22. The fourth-order valence-corrected chi connectivity index (χ4v) is 4.38. The normalized spacial score (nSPS) is 15.1. The van der Waals surface area contributed by atoms with Crippen LogP contribution in [0, 0.1) is 0 Å². The smallest absolute Gasteiger partial charge is 0.263 e. The lowest BCUT2D eigenvalue weighted by Gasteiger charge is -2.23. The van der Waals surface area contributed by atoms with E-state index in [9.17, 15) is 9.67 Å². The van der Waals surface area contributed by atoms with E-state index < -0.39 is 13.2 Å². The van der Waals surface area contributed by atoms with E-state index in [2.05, 4.69) is 13.8 Å². The zero-order chi connectivity index (χ0) is 17.9. The first-order chi connectivity index (χ1) is 11.3. The molecule has 0 bridgehead atoms. The maximum atomic E-state index is 13.3. The average molecular weight is 347 g/mol. The second-order valence-corrected chi connectivity index (χ2v) is 8.95. The quantitative estimate of drug-likeness (QED) is 0.799. The average Bonchev–Trinajstić information content (AvgIpc) is 2.60. The predicted octanol–water partition coefficient (Wildman–Crippen LogP) is 4.12. The largest absolute Gasteiger partial charge is 0.378 e. The van der Waals surface area contributed by atoms with Crippen LogP contribution in [0.15, 0.2) is 48.5 Å². The summed E-state index contributed by atoms with van der Waals surface area (Å²) in [5, 5.41) is 11.2. The highest BCUT2D eigenvalue weighted by atomic mass is 31.2. The van der Waals surface area contributed by atoms with Crippen molar-refractivity contribution in [1.82, 2.24) is 0 Å². The molecule has 0 aliphatic rings. The van der Waals surface area contributed by atoms with Gasteiger partial charge in [0.1, 0.15) is 0 Å². The van der Waals surface area contributed by atoms with E-state index in [1.54, 1.807) is 12.1 Å². The Morgan fingerprint density at radius 2 is 1.46 bits per heavy atom. The molecule has 5 heteroatoms. The summed E-state index contributed by atoms with van der Waals surface area (Å²) in [7, 11) is 1.84. The summed E-state index contributed by atoms with van der Waals surface area (Å²) in [5.41, 5.74) is 2.77. The third-order valence-corrected chi connectivity index (χ3v) is 6.72. The second kappa shape index (κ2) is 7.52. The summed E-state index contributed by atoms with van der Waals surface area (Å²) in [6, 6.07) is 14.8. The molecular weight excluding hydrogens is 321 g/mol. The Bertz CT molecular complexity index is 708. The number of hydrogen-bond acceptors (Lipinski definition) is 4.